The molecule has 2 aromatic rings. The fourth-order valence-electron chi connectivity index (χ4n) is 1.46. The minimum absolute atomic E-state index is 0.0203. The zero-order valence-corrected chi connectivity index (χ0v) is 9.51. The third-order valence-corrected chi connectivity index (χ3v) is 2.32. The van der Waals surface area contributed by atoms with Crippen molar-refractivity contribution in [1.29, 1.82) is 0 Å². The first-order chi connectivity index (χ1) is 8.58. The second-order valence-electron chi connectivity index (χ2n) is 3.68. The van der Waals surface area contributed by atoms with Gasteiger partial charge in [0.2, 0.25) is 5.76 Å². The number of nitrogens with one attached hydrogen (secondary N) is 1. The summed E-state index contributed by atoms with van der Waals surface area (Å²) in [5.41, 5.74) is 1.04. The van der Waals surface area contributed by atoms with E-state index < -0.39 is 11.9 Å². The molecule has 0 unspecified atom stereocenters. The molecule has 18 heavy (non-hydrogen) atoms. The highest BCUT2D eigenvalue weighted by Crippen LogP contribution is 2.18. The predicted molar refractivity (Wildman–Crippen MR) is 62.6 cm³/mol. The number of anilines is 1. The Morgan fingerprint density at radius 1 is 1.33 bits per heavy atom. The number of carboxylic acid groups (broad SMARTS) is 1. The molecule has 1 amide bonds. The Morgan fingerprint density at radius 2 is 2.11 bits per heavy atom. The molecule has 0 atom stereocenters. The molecule has 0 saturated heterocycles. The molecule has 0 aliphatic heterocycles. The average molecular weight is 246 g/mol. The molecule has 1 heterocycles. The maximum atomic E-state index is 11.7. The summed E-state index contributed by atoms with van der Waals surface area (Å²) in [6.07, 6.45) is 1.34. The minimum atomic E-state index is -1.11. The van der Waals surface area contributed by atoms with E-state index >= 15 is 0 Å². The predicted octanol–water partition coefficient (Wildman–Crippen LogP) is 1.93. The fourth-order valence-corrected chi connectivity index (χ4v) is 1.46. The van der Waals surface area contributed by atoms with Gasteiger partial charge in [-0.05, 0) is 19.1 Å². The largest absolute Gasteiger partial charge is 0.478 e. The average Bonchev–Trinajstić information content (AvgIpc) is 2.84. The number of aryl methyl sites for hydroxylation is 1. The summed E-state index contributed by atoms with van der Waals surface area (Å²) in [5.74, 6) is -1.63. The maximum Gasteiger partial charge on any atom is 0.337 e. The summed E-state index contributed by atoms with van der Waals surface area (Å²) in [6.45, 7) is 1.77. The van der Waals surface area contributed by atoms with Crippen LogP contribution in [0.5, 0.6) is 0 Å². The molecule has 2 rings (SSSR count). The first-order valence-corrected chi connectivity index (χ1v) is 5.14. The van der Waals surface area contributed by atoms with Crippen LogP contribution in [0.2, 0.25) is 0 Å². The molecule has 2 N–H and O–H groups in total. The van der Waals surface area contributed by atoms with E-state index in [0.29, 0.717) is 0 Å². The smallest absolute Gasteiger partial charge is 0.337 e. The van der Waals surface area contributed by atoms with Crippen LogP contribution in [0, 0.1) is 6.92 Å². The van der Waals surface area contributed by atoms with E-state index in [9.17, 15) is 9.59 Å². The number of carbonyl (C=O) groups excluding carboxylic acids is 1. The van der Waals surface area contributed by atoms with Crippen LogP contribution in [0.3, 0.4) is 0 Å². The second kappa shape index (κ2) is 4.70. The number of nitrogens with zero attached hydrogens (tertiary/aromatic N) is 1. The van der Waals surface area contributed by atoms with E-state index in [2.05, 4.69) is 15.0 Å². The molecule has 0 saturated carbocycles. The lowest BCUT2D eigenvalue weighted by molar-refractivity contribution is 0.0698. The molecule has 92 valence electrons. The maximum absolute atomic E-state index is 11.7. The molecule has 6 heteroatoms. The number of hydrogen-bond acceptors (Lipinski definition) is 4. The highest BCUT2D eigenvalue weighted by atomic mass is 16.5. The summed E-state index contributed by atoms with van der Waals surface area (Å²) < 4.78 is 4.68. The minimum Gasteiger partial charge on any atom is -0.478 e. The van der Waals surface area contributed by atoms with Crippen LogP contribution < -0.4 is 5.32 Å². The van der Waals surface area contributed by atoms with Gasteiger partial charge in [-0.3, -0.25) is 4.79 Å². The molecule has 0 spiro atoms. The normalized spacial score (nSPS) is 10.1. The van der Waals surface area contributed by atoms with Crippen molar-refractivity contribution in [2.75, 3.05) is 5.32 Å². The number of amides is 1. The number of hydrogen-bond donors (Lipinski definition) is 2. The molecular formula is C12H10N2O4. The first-order valence-electron chi connectivity index (χ1n) is 5.14. The van der Waals surface area contributed by atoms with Gasteiger partial charge in [-0.25, -0.2) is 4.79 Å². The second-order valence-corrected chi connectivity index (χ2v) is 3.68. The number of rotatable bonds is 3. The van der Waals surface area contributed by atoms with E-state index in [-0.39, 0.29) is 17.0 Å². The van der Waals surface area contributed by atoms with E-state index in [1.165, 1.54) is 24.4 Å². The van der Waals surface area contributed by atoms with Crippen LogP contribution in [-0.2, 0) is 0 Å². The van der Waals surface area contributed by atoms with Crippen LogP contribution in [0.1, 0.15) is 26.5 Å². The summed E-state index contributed by atoms with van der Waals surface area (Å²) in [6, 6.07) is 6.12. The van der Waals surface area contributed by atoms with Crippen molar-refractivity contribution in [2.45, 2.75) is 6.92 Å². The molecule has 1 aromatic carbocycles. The molecule has 0 radical (unpaired) electrons. The molecule has 0 bridgehead atoms. The van der Waals surface area contributed by atoms with Crippen LogP contribution >= 0.6 is 0 Å². The monoisotopic (exact) mass is 246 g/mol. The van der Waals surface area contributed by atoms with Gasteiger partial charge in [0.15, 0.2) is 0 Å². The molecule has 6 nitrogen and oxygen atoms in total. The Morgan fingerprint density at radius 3 is 2.72 bits per heavy atom. The van der Waals surface area contributed by atoms with Crippen LogP contribution in [0.25, 0.3) is 0 Å². The zero-order chi connectivity index (χ0) is 13.1. The van der Waals surface area contributed by atoms with Crippen molar-refractivity contribution < 1.29 is 19.2 Å². The SMILES string of the molecule is Cc1ccc(NC(=O)c2ccno2)c(C(=O)O)c1. The van der Waals surface area contributed by atoms with Crippen molar-refractivity contribution in [3.05, 3.63) is 47.3 Å². The summed E-state index contributed by atoms with van der Waals surface area (Å²) in [4.78, 5) is 22.8. The fraction of sp³-hybridized carbons (Fsp3) is 0.0833. The van der Waals surface area contributed by atoms with Gasteiger partial charge in [0.1, 0.15) is 0 Å². The quantitative estimate of drug-likeness (QED) is 0.863. The standard InChI is InChI=1S/C12H10N2O4/c1-7-2-3-9(8(6-7)12(16)17)14-11(15)10-4-5-13-18-10/h2-6H,1H3,(H,14,15)(H,16,17). The molecule has 0 aliphatic rings. The first kappa shape index (κ1) is 11.8. The third kappa shape index (κ3) is 2.37. The van der Waals surface area contributed by atoms with Gasteiger partial charge < -0.3 is 14.9 Å². The lowest BCUT2D eigenvalue weighted by atomic mass is 10.1. The van der Waals surface area contributed by atoms with Gasteiger partial charge >= 0.3 is 5.97 Å². The summed E-state index contributed by atoms with van der Waals surface area (Å²) in [5, 5.41) is 14.9. The Kier molecular flexibility index (Phi) is 3.09. The number of carboxylic acids is 1. The number of aromatic nitrogens is 1. The van der Waals surface area contributed by atoms with Crippen LogP contribution in [0.15, 0.2) is 35.0 Å². The zero-order valence-electron chi connectivity index (χ0n) is 9.51. The van der Waals surface area contributed by atoms with Gasteiger partial charge in [0.25, 0.3) is 5.91 Å². The van der Waals surface area contributed by atoms with Crippen LogP contribution in [0.4, 0.5) is 5.69 Å². The molecule has 1 aromatic heterocycles. The Hall–Kier alpha value is -2.63. The molecule has 0 aliphatic carbocycles. The van der Waals surface area contributed by atoms with E-state index in [4.69, 9.17) is 5.11 Å². The van der Waals surface area contributed by atoms with Crippen molar-refractivity contribution >= 4 is 17.6 Å². The number of carbonyl (C=O) groups is 2. The van der Waals surface area contributed by atoms with Crippen molar-refractivity contribution in [2.24, 2.45) is 0 Å². The Balaban J connectivity index is 2.29. The molecule has 0 fully saturated rings. The van der Waals surface area contributed by atoms with Gasteiger partial charge in [0, 0.05) is 6.07 Å². The highest BCUT2D eigenvalue weighted by Gasteiger charge is 2.15. The van der Waals surface area contributed by atoms with Gasteiger partial charge in [-0.1, -0.05) is 16.8 Å². The van der Waals surface area contributed by atoms with E-state index in [1.807, 2.05) is 0 Å². The van der Waals surface area contributed by atoms with Gasteiger partial charge in [-0.2, -0.15) is 0 Å². The van der Waals surface area contributed by atoms with Crippen molar-refractivity contribution in [3.63, 3.8) is 0 Å². The number of benzene rings is 1. The van der Waals surface area contributed by atoms with Gasteiger partial charge in [0.05, 0.1) is 17.4 Å². The van der Waals surface area contributed by atoms with Gasteiger partial charge in [-0.15, -0.1) is 0 Å². The summed E-state index contributed by atoms with van der Waals surface area (Å²) >= 11 is 0. The van der Waals surface area contributed by atoms with E-state index in [1.54, 1.807) is 13.0 Å². The topological polar surface area (TPSA) is 92.4 Å². The van der Waals surface area contributed by atoms with E-state index in [0.717, 1.165) is 5.56 Å². The van der Waals surface area contributed by atoms with Crippen LogP contribution in [-0.4, -0.2) is 22.1 Å². The lowest BCUT2D eigenvalue weighted by Crippen LogP contribution is -2.14. The Bertz CT molecular complexity index is 590. The number of aromatic carboxylic acids is 1. The van der Waals surface area contributed by atoms with Crippen molar-refractivity contribution in [1.82, 2.24) is 5.16 Å². The highest BCUT2D eigenvalue weighted by molar-refractivity contribution is 6.06. The Labute approximate surface area is 102 Å². The third-order valence-electron chi connectivity index (χ3n) is 2.32. The summed E-state index contributed by atoms with van der Waals surface area (Å²) in [7, 11) is 0. The van der Waals surface area contributed by atoms with Crippen molar-refractivity contribution in [3.8, 4) is 0 Å². The lowest BCUT2D eigenvalue weighted by Gasteiger charge is -2.07. The molecular weight excluding hydrogens is 236 g/mol.